The Bertz CT molecular complexity index is 773. The van der Waals surface area contributed by atoms with E-state index in [0.29, 0.717) is 12.3 Å². The molecule has 0 saturated heterocycles. The molecule has 0 aliphatic carbocycles. The second-order valence-corrected chi connectivity index (χ2v) is 5.12. The van der Waals surface area contributed by atoms with E-state index in [1.165, 1.54) is 0 Å². The van der Waals surface area contributed by atoms with Crippen molar-refractivity contribution < 1.29 is 14.2 Å². The van der Waals surface area contributed by atoms with Crippen LogP contribution in [-0.2, 0) is 13.2 Å². The number of halogens is 1. The van der Waals surface area contributed by atoms with E-state index in [1.807, 2.05) is 54.6 Å². The van der Waals surface area contributed by atoms with Crippen LogP contribution in [0.1, 0.15) is 11.1 Å². The number of nitrogens with zero attached hydrogens (tertiary/aromatic N) is 1. The van der Waals surface area contributed by atoms with Crippen molar-refractivity contribution in [1.29, 1.82) is 0 Å². The zero-order valence-corrected chi connectivity index (χ0v) is 12.4. The maximum absolute atomic E-state index is 13.4. The Kier molecular flexibility index (Phi) is 4.64. The zero-order valence-electron chi connectivity index (χ0n) is 12.4. The summed E-state index contributed by atoms with van der Waals surface area (Å²) in [5.41, 5.74) is 2.79. The summed E-state index contributed by atoms with van der Waals surface area (Å²) in [5.74, 6) is 0.251. The van der Waals surface area contributed by atoms with Gasteiger partial charge in [0, 0.05) is 11.1 Å². The monoisotopic (exact) mass is 309 g/mol. The molecule has 116 valence electrons. The smallest absolute Gasteiger partial charge is 0.147 e. The molecule has 3 nitrogen and oxygen atoms in total. The van der Waals surface area contributed by atoms with Crippen LogP contribution in [0.2, 0.25) is 0 Å². The van der Waals surface area contributed by atoms with Gasteiger partial charge in [0.05, 0.1) is 18.5 Å². The summed E-state index contributed by atoms with van der Waals surface area (Å²) in [6.07, 6.45) is 1.13. The molecule has 0 spiro atoms. The highest BCUT2D eigenvalue weighted by atomic mass is 19.1. The topological polar surface area (TPSA) is 42.4 Å². The van der Waals surface area contributed by atoms with E-state index in [9.17, 15) is 4.39 Å². The summed E-state index contributed by atoms with van der Waals surface area (Å²) in [7, 11) is 0. The highest BCUT2D eigenvalue weighted by Gasteiger charge is 2.06. The summed E-state index contributed by atoms with van der Waals surface area (Å²) in [4.78, 5) is 4.05. The lowest BCUT2D eigenvalue weighted by Crippen LogP contribution is -1.96. The van der Waals surface area contributed by atoms with Crippen LogP contribution in [0.25, 0.3) is 11.3 Å². The Morgan fingerprint density at radius 2 is 1.74 bits per heavy atom. The zero-order chi connectivity index (χ0) is 16.1. The first-order valence-corrected chi connectivity index (χ1v) is 7.28. The third-order valence-electron chi connectivity index (χ3n) is 3.50. The van der Waals surface area contributed by atoms with Crippen molar-refractivity contribution in [1.82, 2.24) is 4.98 Å². The fourth-order valence-corrected chi connectivity index (χ4v) is 2.22. The van der Waals surface area contributed by atoms with Crippen molar-refractivity contribution in [3.8, 4) is 17.0 Å². The Morgan fingerprint density at radius 1 is 1.00 bits per heavy atom. The van der Waals surface area contributed by atoms with Gasteiger partial charge in [0.1, 0.15) is 18.2 Å². The summed E-state index contributed by atoms with van der Waals surface area (Å²) in [5, 5.41) is 9.12. The van der Waals surface area contributed by atoms with Gasteiger partial charge in [0.2, 0.25) is 0 Å². The first kappa shape index (κ1) is 15.2. The quantitative estimate of drug-likeness (QED) is 0.775. The van der Waals surface area contributed by atoms with Crippen molar-refractivity contribution in [3.05, 3.63) is 83.8 Å². The number of aromatic nitrogens is 1. The van der Waals surface area contributed by atoms with Gasteiger partial charge >= 0.3 is 0 Å². The second-order valence-electron chi connectivity index (χ2n) is 5.12. The average molecular weight is 309 g/mol. The molecule has 0 unspecified atom stereocenters. The first-order valence-electron chi connectivity index (χ1n) is 7.28. The third-order valence-corrected chi connectivity index (χ3v) is 3.50. The van der Waals surface area contributed by atoms with Gasteiger partial charge in [-0.25, -0.2) is 4.39 Å². The number of ether oxygens (including phenoxy) is 1. The number of aliphatic hydroxyl groups is 1. The molecule has 3 rings (SSSR count). The van der Waals surface area contributed by atoms with Gasteiger partial charge in [-0.1, -0.05) is 30.3 Å². The minimum atomic E-state index is -0.501. The summed E-state index contributed by atoms with van der Waals surface area (Å²) >= 11 is 0. The van der Waals surface area contributed by atoms with Crippen LogP contribution in [-0.4, -0.2) is 10.1 Å². The van der Waals surface area contributed by atoms with Crippen molar-refractivity contribution in [2.75, 3.05) is 0 Å². The minimum absolute atomic E-state index is 0.236. The number of hydrogen-bond donors (Lipinski definition) is 1. The molecule has 1 aromatic heterocycles. The largest absolute Gasteiger partial charge is 0.489 e. The van der Waals surface area contributed by atoms with Gasteiger partial charge < -0.3 is 9.84 Å². The SMILES string of the molecule is OCc1cc(-c2ccc(OCc3ccccc3)cc2)ncc1F. The van der Waals surface area contributed by atoms with Crippen LogP contribution in [0.5, 0.6) is 5.75 Å². The fraction of sp³-hybridized carbons (Fsp3) is 0.105. The van der Waals surface area contributed by atoms with Crippen molar-refractivity contribution >= 4 is 0 Å². The molecule has 3 aromatic rings. The summed E-state index contributed by atoms with van der Waals surface area (Å²) in [6, 6.07) is 18.9. The molecule has 0 fully saturated rings. The molecule has 2 aromatic carbocycles. The standard InChI is InChI=1S/C19H16FNO2/c20-18-11-21-19(10-16(18)12-22)15-6-8-17(9-7-15)23-13-14-4-2-1-3-5-14/h1-11,22H,12-13H2. The van der Waals surface area contributed by atoms with Crippen LogP contribution in [0.3, 0.4) is 0 Å². The van der Waals surface area contributed by atoms with E-state index in [0.717, 1.165) is 23.1 Å². The maximum atomic E-state index is 13.4. The molecular weight excluding hydrogens is 293 g/mol. The minimum Gasteiger partial charge on any atom is -0.489 e. The highest BCUT2D eigenvalue weighted by molar-refractivity contribution is 5.60. The number of pyridine rings is 1. The van der Waals surface area contributed by atoms with Crippen LogP contribution in [0.15, 0.2) is 66.9 Å². The number of benzene rings is 2. The lowest BCUT2D eigenvalue weighted by atomic mass is 10.1. The van der Waals surface area contributed by atoms with Gasteiger partial charge in [0.15, 0.2) is 0 Å². The van der Waals surface area contributed by atoms with Gasteiger partial charge in [-0.15, -0.1) is 0 Å². The van der Waals surface area contributed by atoms with Gasteiger partial charge in [0.25, 0.3) is 0 Å². The molecular formula is C19H16FNO2. The van der Waals surface area contributed by atoms with Crippen molar-refractivity contribution in [3.63, 3.8) is 0 Å². The first-order chi connectivity index (χ1) is 11.3. The van der Waals surface area contributed by atoms with E-state index < -0.39 is 5.82 Å². The van der Waals surface area contributed by atoms with Crippen LogP contribution in [0.4, 0.5) is 4.39 Å². The van der Waals surface area contributed by atoms with Crippen molar-refractivity contribution in [2.24, 2.45) is 0 Å². The van der Waals surface area contributed by atoms with E-state index in [1.54, 1.807) is 6.07 Å². The predicted octanol–water partition coefficient (Wildman–Crippen LogP) is 3.96. The van der Waals surface area contributed by atoms with Gasteiger partial charge in [-0.3, -0.25) is 4.98 Å². The molecule has 23 heavy (non-hydrogen) atoms. The molecule has 0 aliphatic heterocycles. The normalized spacial score (nSPS) is 10.5. The average Bonchev–Trinajstić information content (AvgIpc) is 2.62. The van der Waals surface area contributed by atoms with Crippen LogP contribution < -0.4 is 4.74 Å². The summed E-state index contributed by atoms with van der Waals surface area (Å²) in [6.45, 7) is 0.156. The molecule has 0 amide bonds. The molecule has 4 heteroatoms. The molecule has 0 aliphatic rings. The molecule has 1 heterocycles. The van der Waals surface area contributed by atoms with E-state index in [2.05, 4.69) is 4.98 Å². The molecule has 1 N–H and O–H groups in total. The third kappa shape index (κ3) is 3.73. The molecule has 0 radical (unpaired) electrons. The summed E-state index contributed by atoms with van der Waals surface area (Å²) < 4.78 is 19.1. The van der Waals surface area contributed by atoms with E-state index in [4.69, 9.17) is 9.84 Å². The number of aliphatic hydroxyl groups excluding tert-OH is 1. The second kappa shape index (κ2) is 7.03. The van der Waals surface area contributed by atoms with E-state index in [-0.39, 0.29) is 12.2 Å². The lowest BCUT2D eigenvalue weighted by Gasteiger charge is -2.08. The Labute approximate surface area is 134 Å². The van der Waals surface area contributed by atoms with Gasteiger partial charge in [-0.2, -0.15) is 0 Å². The lowest BCUT2D eigenvalue weighted by molar-refractivity contribution is 0.275. The fourth-order valence-electron chi connectivity index (χ4n) is 2.22. The number of rotatable bonds is 5. The predicted molar refractivity (Wildman–Crippen MR) is 86.3 cm³/mol. The number of hydrogen-bond acceptors (Lipinski definition) is 3. The molecule has 0 saturated carbocycles. The van der Waals surface area contributed by atoms with Crippen molar-refractivity contribution in [2.45, 2.75) is 13.2 Å². The van der Waals surface area contributed by atoms with Crippen LogP contribution >= 0.6 is 0 Å². The Morgan fingerprint density at radius 3 is 2.43 bits per heavy atom. The maximum Gasteiger partial charge on any atom is 0.147 e. The molecule has 0 atom stereocenters. The van der Waals surface area contributed by atoms with E-state index >= 15 is 0 Å². The van der Waals surface area contributed by atoms with Crippen LogP contribution in [0, 0.1) is 5.82 Å². The Hall–Kier alpha value is -2.72. The Balaban J connectivity index is 1.72. The highest BCUT2D eigenvalue weighted by Crippen LogP contribution is 2.23. The van der Waals surface area contributed by atoms with Gasteiger partial charge in [-0.05, 0) is 35.9 Å². The molecule has 0 bridgehead atoms.